The molecule has 2 unspecified atom stereocenters. The van der Waals surface area contributed by atoms with Crippen molar-refractivity contribution >= 4 is 0 Å². The number of nitrogens with one attached hydrogen (secondary N) is 1. The summed E-state index contributed by atoms with van der Waals surface area (Å²) in [5.41, 5.74) is 1.40. The molecule has 2 nitrogen and oxygen atoms in total. The van der Waals surface area contributed by atoms with Crippen LogP contribution in [0.3, 0.4) is 0 Å². The summed E-state index contributed by atoms with van der Waals surface area (Å²) >= 11 is 0. The Morgan fingerprint density at radius 2 is 1.76 bits per heavy atom. The maximum absolute atomic E-state index is 5.79. The van der Waals surface area contributed by atoms with E-state index in [1.165, 1.54) is 37.7 Å². The SMILES string of the molecule is CCCCCC(C)NCCOc1ccc(C(C)CC)cc1. The van der Waals surface area contributed by atoms with Gasteiger partial charge in [0.15, 0.2) is 0 Å². The lowest BCUT2D eigenvalue weighted by molar-refractivity contribution is 0.304. The minimum atomic E-state index is 0.591. The van der Waals surface area contributed by atoms with Crippen molar-refractivity contribution < 1.29 is 4.74 Å². The highest BCUT2D eigenvalue weighted by molar-refractivity contribution is 5.29. The molecule has 2 atom stereocenters. The predicted octanol–water partition coefficient (Wildman–Crippen LogP) is 5.14. The monoisotopic (exact) mass is 291 g/mol. The third kappa shape index (κ3) is 7.52. The van der Waals surface area contributed by atoms with Crippen LogP contribution in [0.25, 0.3) is 0 Å². The second-order valence-electron chi connectivity index (χ2n) is 6.08. The minimum absolute atomic E-state index is 0.591. The van der Waals surface area contributed by atoms with Crippen molar-refractivity contribution in [1.82, 2.24) is 5.32 Å². The molecule has 0 saturated heterocycles. The van der Waals surface area contributed by atoms with E-state index < -0.39 is 0 Å². The highest BCUT2D eigenvalue weighted by Crippen LogP contribution is 2.21. The number of rotatable bonds is 11. The Kier molecular flexibility index (Phi) is 9.16. The Labute approximate surface area is 131 Å². The summed E-state index contributed by atoms with van der Waals surface area (Å²) in [5, 5.41) is 3.53. The third-order valence-electron chi connectivity index (χ3n) is 4.17. The van der Waals surface area contributed by atoms with E-state index in [4.69, 9.17) is 4.74 Å². The van der Waals surface area contributed by atoms with Crippen LogP contribution in [0.2, 0.25) is 0 Å². The zero-order chi connectivity index (χ0) is 15.5. The lowest BCUT2D eigenvalue weighted by Gasteiger charge is -2.14. The fourth-order valence-corrected chi connectivity index (χ4v) is 2.41. The Hall–Kier alpha value is -1.02. The Morgan fingerprint density at radius 3 is 2.38 bits per heavy atom. The molecule has 0 fully saturated rings. The Bertz CT molecular complexity index is 360. The van der Waals surface area contributed by atoms with E-state index in [0.717, 1.165) is 18.9 Å². The quantitative estimate of drug-likeness (QED) is 0.570. The van der Waals surface area contributed by atoms with Crippen LogP contribution in [-0.2, 0) is 0 Å². The van der Waals surface area contributed by atoms with E-state index in [-0.39, 0.29) is 0 Å². The highest BCUT2D eigenvalue weighted by atomic mass is 16.5. The molecule has 1 aromatic carbocycles. The fourth-order valence-electron chi connectivity index (χ4n) is 2.41. The molecule has 0 spiro atoms. The van der Waals surface area contributed by atoms with Crippen LogP contribution in [0.5, 0.6) is 5.75 Å². The number of unbranched alkanes of at least 4 members (excludes halogenated alkanes) is 2. The van der Waals surface area contributed by atoms with Crippen molar-refractivity contribution in [1.29, 1.82) is 0 Å². The fraction of sp³-hybridized carbons (Fsp3) is 0.684. The molecule has 0 radical (unpaired) electrons. The first-order valence-electron chi connectivity index (χ1n) is 8.63. The van der Waals surface area contributed by atoms with Crippen molar-refractivity contribution in [3.63, 3.8) is 0 Å². The Balaban J connectivity index is 2.17. The topological polar surface area (TPSA) is 21.3 Å². The summed E-state index contributed by atoms with van der Waals surface area (Å²) in [6, 6.07) is 9.14. The molecule has 1 N–H and O–H groups in total. The summed E-state index contributed by atoms with van der Waals surface area (Å²) in [5.74, 6) is 1.60. The molecule has 0 aliphatic rings. The van der Waals surface area contributed by atoms with Crippen LogP contribution in [0.15, 0.2) is 24.3 Å². The van der Waals surface area contributed by atoms with Crippen molar-refractivity contribution in [3.05, 3.63) is 29.8 Å². The summed E-state index contributed by atoms with van der Waals surface area (Å²) in [4.78, 5) is 0. The molecule has 2 heteroatoms. The molecular formula is C19H33NO. The second-order valence-corrected chi connectivity index (χ2v) is 6.08. The number of benzene rings is 1. The first kappa shape index (κ1) is 18.0. The number of hydrogen-bond donors (Lipinski definition) is 1. The molecule has 1 aromatic rings. The van der Waals surface area contributed by atoms with Gasteiger partial charge in [0.2, 0.25) is 0 Å². The molecule has 21 heavy (non-hydrogen) atoms. The van der Waals surface area contributed by atoms with E-state index in [0.29, 0.717) is 12.0 Å². The van der Waals surface area contributed by atoms with Gasteiger partial charge in [-0.25, -0.2) is 0 Å². The Morgan fingerprint density at radius 1 is 1.05 bits per heavy atom. The van der Waals surface area contributed by atoms with Gasteiger partial charge in [0.05, 0.1) is 0 Å². The molecule has 0 aliphatic heterocycles. The standard InChI is InChI=1S/C19H33NO/c1-5-7-8-9-17(4)20-14-15-21-19-12-10-18(11-13-19)16(3)6-2/h10-13,16-17,20H,5-9,14-15H2,1-4H3. The molecule has 0 amide bonds. The summed E-state index contributed by atoms with van der Waals surface area (Å²) < 4.78 is 5.79. The molecule has 1 rings (SSSR count). The largest absolute Gasteiger partial charge is 0.492 e. The van der Waals surface area contributed by atoms with Crippen LogP contribution < -0.4 is 10.1 Å². The van der Waals surface area contributed by atoms with Gasteiger partial charge in [-0.05, 0) is 43.4 Å². The van der Waals surface area contributed by atoms with E-state index in [9.17, 15) is 0 Å². The van der Waals surface area contributed by atoms with E-state index in [1.807, 2.05) is 0 Å². The maximum atomic E-state index is 5.79. The average Bonchev–Trinajstić information content (AvgIpc) is 2.51. The van der Waals surface area contributed by atoms with Gasteiger partial charge in [-0.2, -0.15) is 0 Å². The molecular weight excluding hydrogens is 258 g/mol. The zero-order valence-electron chi connectivity index (χ0n) is 14.3. The predicted molar refractivity (Wildman–Crippen MR) is 92.2 cm³/mol. The second kappa shape index (κ2) is 10.7. The van der Waals surface area contributed by atoms with Gasteiger partial charge in [-0.3, -0.25) is 0 Å². The first-order valence-corrected chi connectivity index (χ1v) is 8.63. The number of hydrogen-bond acceptors (Lipinski definition) is 2. The van der Waals surface area contributed by atoms with Crippen LogP contribution in [0, 0.1) is 0 Å². The zero-order valence-corrected chi connectivity index (χ0v) is 14.3. The van der Waals surface area contributed by atoms with Crippen LogP contribution >= 0.6 is 0 Å². The smallest absolute Gasteiger partial charge is 0.119 e. The van der Waals surface area contributed by atoms with Crippen LogP contribution in [0.4, 0.5) is 0 Å². The molecule has 0 saturated carbocycles. The van der Waals surface area contributed by atoms with Crippen molar-refractivity contribution in [3.8, 4) is 5.75 Å². The third-order valence-corrected chi connectivity index (χ3v) is 4.17. The lowest BCUT2D eigenvalue weighted by Crippen LogP contribution is -2.30. The van der Waals surface area contributed by atoms with Crippen molar-refractivity contribution in [2.45, 2.75) is 71.8 Å². The van der Waals surface area contributed by atoms with Gasteiger partial charge in [0.1, 0.15) is 12.4 Å². The summed E-state index contributed by atoms with van der Waals surface area (Å²) in [6.45, 7) is 10.7. The average molecular weight is 291 g/mol. The number of ether oxygens (including phenoxy) is 1. The van der Waals surface area contributed by atoms with Gasteiger partial charge < -0.3 is 10.1 Å². The van der Waals surface area contributed by atoms with E-state index in [2.05, 4.69) is 57.3 Å². The van der Waals surface area contributed by atoms with Gasteiger partial charge >= 0.3 is 0 Å². The van der Waals surface area contributed by atoms with Crippen molar-refractivity contribution in [2.75, 3.05) is 13.2 Å². The molecule has 0 aromatic heterocycles. The van der Waals surface area contributed by atoms with Gasteiger partial charge in [0, 0.05) is 12.6 Å². The van der Waals surface area contributed by atoms with Crippen LogP contribution in [0.1, 0.15) is 71.3 Å². The van der Waals surface area contributed by atoms with E-state index >= 15 is 0 Å². The maximum Gasteiger partial charge on any atom is 0.119 e. The minimum Gasteiger partial charge on any atom is -0.492 e. The molecule has 120 valence electrons. The van der Waals surface area contributed by atoms with Gasteiger partial charge in [-0.15, -0.1) is 0 Å². The lowest BCUT2D eigenvalue weighted by atomic mass is 9.99. The van der Waals surface area contributed by atoms with Gasteiger partial charge in [0.25, 0.3) is 0 Å². The summed E-state index contributed by atoms with van der Waals surface area (Å²) in [7, 11) is 0. The first-order chi connectivity index (χ1) is 10.2. The molecule has 0 aliphatic carbocycles. The molecule has 0 bridgehead atoms. The van der Waals surface area contributed by atoms with Crippen LogP contribution in [-0.4, -0.2) is 19.2 Å². The van der Waals surface area contributed by atoms with Gasteiger partial charge in [-0.1, -0.05) is 52.2 Å². The van der Waals surface area contributed by atoms with Crippen molar-refractivity contribution in [2.24, 2.45) is 0 Å². The highest BCUT2D eigenvalue weighted by Gasteiger charge is 2.03. The van der Waals surface area contributed by atoms with E-state index in [1.54, 1.807) is 0 Å². The molecule has 0 heterocycles. The normalized spacial score (nSPS) is 13.9. The summed E-state index contributed by atoms with van der Waals surface area (Å²) in [6.07, 6.45) is 6.40.